The van der Waals surface area contributed by atoms with Crippen LogP contribution < -0.4 is 9.64 Å². The molecule has 0 spiro atoms. The topological polar surface area (TPSA) is 38.2 Å². The average molecular weight is 369 g/mol. The molecule has 8 heteroatoms. The van der Waals surface area contributed by atoms with E-state index in [1.807, 2.05) is 4.90 Å². The van der Waals surface area contributed by atoms with E-state index in [-0.39, 0.29) is 18.3 Å². The Morgan fingerprint density at radius 1 is 1.23 bits per heavy atom. The molecular weight excluding hydrogens is 350 g/mol. The number of nitrogens with zero attached hydrogens (tertiary/aromatic N) is 3. The van der Waals surface area contributed by atoms with E-state index in [1.54, 1.807) is 6.92 Å². The summed E-state index contributed by atoms with van der Waals surface area (Å²) in [5, 5.41) is 0. The number of anilines is 1. The van der Waals surface area contributed by atoms with Crippen LogP contribution in [0.2, 0.25) is 0 Å². The van der Waals surface area contributed by atoms with Crippen LogP contribution in [0.4, 0.5) is 23.5 Å². The fourth-order valence-corrected chi connectivity index (χ4v) is 3.07. The van der Waals surface area contributed by atoms with Gasteiger partial charge in [-0.05, 0) is 31.9 Å². The second-order valence-corrected chi connectivity index (χ2v) is 6.39. The molecule has 2 heterocycles. The Bertz CT molecular complexity index is 746. The molecule has 0 saturated carbocycles. The Balaban J connectivity index is 1.66. The first-order chi connectivity index (χ1) is 12.3. The molecule has 4 nitrogen and oxygen atoms in total. The SMILES string of the molecule is Cc1cc(F)nc(N2CCCC(COc3ccccc3C(F)(F)F)C2)n1. The van der Waals surface area contributed by atoms with Crippen molar-refractivity contribution >= 4 is 5.95 Å². The zero-order valence-corrected chi connectivity index (χ0v) is 14.3. The molecular formula is C18H19F4N3O. The monoisotopic (exact) mass is 369 g/mol. The first-order valence-corrected chi connectivity index (χ1v) is 8.38. The second-order valence-electron chi connectivity index (χ2n) is 6.39. The molecule has 1 aromatic heterocycles. The number of aromatic nitrogens is 2. The van der Waals surface area contributed by atoms with Crippen molar-refractivity contribution in [2.24, 2.45) is 5.92 Å². The summed E-state index contributed by atoms with van der Waals surface area (Å²) in [5.41, 5.74) is -0.248. The predicted molar refractivity (Wildman–Crippen MR) is 88.6 cm³/mol. The zero-order chi connectivity index (χ0) is 18.7. The van der Waals surface area contributed by atoms with Crippen LogP contribution in [0.1, 0.15) is 24.1 Å². The molecule has 1 aliphatic rings. The summed E-state index contributed by atoms with van der Waals surface area (Å²) in [6, 6.07) is 6.43. The van der Waals surface area contributed by atoms with Crippen molar-refractivity contribution in [1.82, 2.24) is 9.97 Å². The first-order valence-electron chi connectivity index (χ1n) is 8.38. The number of hydrogen-bond donors (Lipinski definition) is 0. The molecule has 0 aliphatic carbocycles. The highest BCUT2D eigenvalue weighted by atomic mass is 19.4. The molecule has 1 aliphatic heterocycles. The lowest BCUT2D eigenvalue weighted by molar-refractivity contribution is -0.139. The Hall–Kier alpha value is -2.38. The van der Waals surface area contributed by atoms with E-state index >= 15 is 0 Å². The molecule has 1 fully saturated rings. The van der Waals surface area contributed by atoms with Gasteiger partial charge in [0.25, 0.3) is 0 Å². The number of para-hydroxylation sites is 1. The van der Waals surface area contributed by atoms with Crippen LogP contribution in [0, 0.1) is 18.8 Å². The van der Waals surface area contributed by atoms with Crippen molar-refractivity contribution in [2.45, 2.75) is 25.9 Å². The van der Waals surface area contributed by atoms with E-state index in [2.05, 4.69) is 9.97 Å². The molecule has 1 atom stereocenters. The van der Waals surface area contributed by atoms with Gasteiger partial charge in [0, 0.05) is 30.8 Å². The number of rotatable bonds is 4. The van der Waals surface area contributed by atoms with Gasteiger partial charge < -0.3 is 9.64 Å². The Morgan fingerprint density at radius 2 is 2.00 bits per heavy atom. The average Bonchev–Trinajstić information content (AvgIpc) is 2.59. The fourth-order valence-electron chi connectivity index (χ4n) is 3.07. The second kappa shape index (κ2) is 7.47. The summed E-state index contributed by atoms with van der Waals surface area (Å²) in [7, 11) is 0. The maximum Gasteiger partial charge on any atom is 0.419 e. The maximum atomic E-state index is 13.5. The number of aryl methyl sites for hydroxylation is 1. The summed E-state index contributed by atoms with van der Waals surface area (Å²) in [5.74, 6) is -0.444. The molecule has 1 saturated heterocycles. The molecule has 0 bridgehead atoms. The minimum Gasteiger partial charge on any atom is -0.493 e. The predicted octanol–water partition coefficient (Wildman–Crippen LogP) is 4.24. The van der Waals surface area contributed by atoms with Crippen molar-refractivity contribution in [3.8, 4) is 5.75 Å². The number of benzene rings is 1. The Morgan fingerprint density at radius 3 is 2.73 bits per heavy atom. The molecule has 140 valence electrons. The number of alkyl halides is 3. The number of piperidine rings is 1. The molecule has 1 aromatic carbocycles. The van der Waals surface area contributed by atoms with Crippen molar-refractivity contribution in [3.05, 3.63) is 47.5 Å². The van der Waals surface area contributed by atoms with E-state index in [0.29, 0.717) is 24.7 Å². The van der Waals surface area contributed by atoms with Gasteiger partial charge in [0.15, 0.2) is 0 Å². The van der Waals surface area contributed by atoms with Gasteiger partial charge in [-0.2, -0.15) is 22.5 Å². The van der Waals surface area contributed by atoms with Crippen molar-refractivity contribution in [2.75, 3.05) is 24.6 Å². The summed E-state index contributed by atoms with van der Waals surface area (Å²) in [6.45, 7) is 3.03. The molecule has 2 aromatic rings. The van der Waals surface area contributed by atoms with Crippen molar-refractivity contribution in [1.29, 1.82) is 0 Å². The lowest BCUT2D eigenvalue weighted by Gasteiger charge is -2.32. The van der Waals surface area contributed by atoms with Gasteiger partial charge in [-0.25, -0.2) is 4.98 Å². The van der Waals surface area contributed by atoms with E-state index in [0.717, 1.165) is 18.9 Å². The minimum absolute atomic E-state index is 0.0113. The van der Waals surface area contributed by atoms with Crippen LogP contribution in [0.3, 0.4) is 0 Å². The molecule has 0 amide bonds. The van der Waals surface area contributed by atoms with Gasteiger partial charge in [0.05, 0.1) is 12.2 Å². The lowest BCUT2D eigenvalue weighted by atomic mass is 9.99. The first kappa shape index (κ1) is 18.4. The van der Waals surface area contributed by atoms with Crippen LogP contribution in [0.5, 0.6) is 5.75 Å². The quantitative estimate of drug-likeness (QED) is 0.597. The van der Waals surface area contributed by atoms with Crippen LogP contribution >= 0.6 is 0 Å². The summed E-state index contributed by atoms with van der Waals surface area (Å²) < 4.78 is 58.1. The van der Waals surface area contributed by atoms with Gasteiger partial charge >= 0.3 is 6.18 Å². The highest BCUT2D eigenvalue weighted by molar-refractivity contribution is 5.36. The number of halogens is 4. The van der Waals surface area contributed by atoms with Crippen LogP contribution in [-0.4, -0.2) is 29.7 Å². The number of hydrogen-bond acceptors (Lipinski definition) is 4. The molecule has 1 unspecified atom stereocenters. The van der Waals surface area contributed by atoms with Gasteiger partial charge in [0.1, 0.15) is 5.75 Å². The van der Waals surface area contributed by atoms with E-state index in [4.69, 9.17) is 4.74 Å². The van der Waals surface area contributed by atoms with E-state index in [1.165, 1.54) is 24.3 Å². The molecule has 0 radical (unpaired) electrons. The fraction of sp³-hybridized carbons (Fsp3) is 0.444. The van der Waals surface area contributed by atoms with E-state index < -0.39 is 17.7 Å². The Kier molecular flexibility index (Phi) is 5.29. The minimum atomic E-state index is -4.46. The highest BCUT2D eigenvalue weighted by Crippen LogP contribution is 2.36. The third-order valence-corrected chi connectivity index (χ3v) is 4.28. The van der Waals surface area contributed by atoms with Crippen LogP contribution in [0.15, 0.2) is 30.3 Å². The van der Waals surface area contributed by atoms with Gasteiger partial charge in [-0.3, -0.25) is 0 Å². The zero-order valence-electron chi connectivity index (χ0n) is 14.3. The Labute approximate surface area is 148 Å². The third-order valence-electron chi connectivity index (χ3n) is 4.28. The van der Waals surface area contributed by atoms with Crippen LogP contribution in [-0.2, 0) is 6.18 Å². The van der Waals surface area contributed by atoms with Gasteiger partial charge in [-0.1, -0.05) is 12.1 Å². The third kappa shape index (κ3) is 4.42. The summed E-state index contributed by atoms with van der Waals surface area (Å²) in [4.78, 5) is 9.91. The highest BCUT2D eigenvalue weighted by Gasteiger charge is 2.34. The molecule has 0 N–H and O–H groups in total. The van der Waals surface area contributed by atoms with Gasteiger partial charge in [0.2, 0.25) is 11.9 Å². The largest absolute Gasteiger partial charge is 0.493 e. The van der Waals surface area contributed by atoms with E-state index in [9.17, 15) is 17.6 Å². The molecule has 26 heavy (non-hydrogen) atoms. The summed E-state index contributed by atoms with van der Waals surface area (Å²) in [6.07, 6.45) is -2.82. The molecule has 3 rings (SSSR count). The standard InChI is InChI=1S/C18H19F4N3O/c1-12-9-16(19)24-17(23-12)25-8-4-5-13(10-25)11-26-15-7-3-2-6-14(15)18(20,21)22/h2-3,6-7,9,13H,4-5,8,10-11H2,1H3. The van der Waals surface area contributed by atoms with Crippen molar-refractivity contribution < 1.29 is 22.3 Å². The van der Waals surface area contributed by atoms with Crippen molar-refractivity contribution in [3.63, 3.8) is 0 Å². The van der Waals surface area contributed by atoms with Gasteiger partial charge in [-0.15, -0.1) is 0 Å². The number of ether oxygens (including phenoxy) is 1. The summed E-state index contributed by atoms with van der Waals surface area (Å²) >= 11 is 0. The normalized spacial score (nSPS) is 18.0. The maximum absolute atomic E-state index is 13.5. The lowest BCUT2D eigenvalue weighted by Crippen LogP contribution is -2.39. The van der Waals surface area contributed by atoms with Crippen LogP contribution in [0.25, 0.3) is 0 Å². The smallest absolute Gasteiger partial charge is 0.419 e.